The van der Waals surface area contributed by atoms with E-state index in [1.165, 1.54) is 0 Å². The Bertz CT molecular complexity index is 270. The zero-order valence-corrected chi connectivity index (χ0v) is 10.2. The van der Waals surface area contributed by atoms with Crippen molar-refractivity contribution in [1.29, 1.82) is 0 Å². The summed E-state index contributed by atoms with van der Waals surface area (Å²) in [5.41, 5.74) is 0. The van der Waals surface area contributed by atoms with E-state index >= 15 is 0 Å². The van der Waals surface area contributed by atoms with Gasteiger partial charge in [0.15, 0.2) is 0 Å². The first-order chi connectivity index (χ1) is 8.19. The fourth-order valence-corrected chi connectivity index (χ4v) is 1.69. The van der Waals surface area contributed by atoms with Crippen molar-refractivity contribution >= 4 is 12.0 Å². The van der Waals surface area contributed by atoms with Gasteiger partial charge in [0.25, 0.3) is 0 Å². The number of hydrogen-bond acceptors (Lipinski definition) is 5. The second kappa shape index (κ2) is 7.24. The standard InChI is InChI=1S/C11H20N2O4/c1-2-3-4-12(5-7-14)9-10(15)13-6-8-17-11(13)16/h14H,2-9H2,1H3. The minimum Gasteiger partial charge on any atom is -0.447 e. The van der Waals surface area contributed by atoms with Gasteiger partial charge < -0.3 is 9.84 Å². The predicted molar refractivity (Wildman–Crippen MR) is 61.5 cm³/mol. The molecule has 0 aromatic carbocycles. The number of rotatable bonds is 7. The van der Waals surface area contributed by atoms with E-state index in [0.29, 0.717) is 13.1 Å². The van der Waals surface area contributed by atoms with E-state index in [1.807, 2.05) is 4.90 Å². The molecule has 6 heteroatoms. The Morgan fingerprint density at radius 2 is 2.29 bits per heavy atom. The summed E-state index contributed by atoms with van der Waals surface area (Å²) in [5, 5.41) is 8.91. The van der Waals surface area contributed by atoms with Crippen LogP contribution in [0.4, 0.5) is 4.79 Å². The lowest BCUT2D eigenvalue weighted by Gasteiger charge is -2.22. The van der Waals surface area contributed by atoms with E-state index in [9.17, 15) is 9.59 Å². The highest BCUT2D eigenvalue weighted by molar-refractivity contribution is 5.93. The van der Waals surface area contributed by atoms with E-state index in [0.717, 1.165) is 24.3 Å². The van der Waals surface area contributed by atoms with Crippen molar-refractivity contribution in [3.8, 4) is 0 Å². The molecule has 1 aliphatic rings. The van der Waals surface area contributed by atoms with E-state index in [4.69, 9.17) is 9.84 Å². The van der Waals surface area contributed by atoms with Crippen LogP contribution in [0.1, 0.15) is 19.8 Å². The lowest BCUT2D eigenvalue weighted by Crippen LogP contribution is -2.42. The molecule has 1 saturated heterocycles. The predicted octanol–water partition coefficient (Wildman–Crippen LogP) is 0.0596. The van der Waals surface area contributed by atoms with E-state index in [2.05, 4.69) is 6.92 Å². The van der Waals surface area contributed by atoms with Gasteiger partial charge in [0.05, 0.1) is 19.7 Å². The summed E-state index contributed by atoms with van der Waals surface area (Å²) >= 11 is 0. The summed E-state index contributed by atoms with van der Waals surface area (Å²) in [4.78, 5) is 26.0. The highest BCUT2D eigenvalue weighted by Crippen LogP contribution is 2.05. The van der Waals surface area contributed by atoms with Gasteiger partial charge in [-0.15, -0.1) is 0 Å². The fourth-order valence-electron chi connectivity index (χ4n) is 1.69. The summed E-state index contributed by atoms with van der Waals surface area (Å²) in [6, 6.07) is 0. The van der Waals surface area contributed by atoms with Crippen LogP contribution in [0.25, 0.3) is 0 Å². The van der Waals surface area contributed by atoms with Crippen LogP contribution in [0.2, 0.25) is 0 Å². The maximum atomic E-state index is 11.8. The number of carbonyl (C=O) groups excluding carboxylic acids is 2. The van der Waals surface area contributed by atoms with Gasteiger partial charge in [-0.1, -0.05) is 13.3 Å². The molecule has 0 unspecified atom stereocenters. The van der Waals surface area contributed by atoms with Gasteiger partial charge in [0.2, 0.25) is 5.91 Å². The van der Waals surface area contributed by atoms with Gasteiger partial charge in [-0.25, -0.2) is 9.69 Å². The van der Waals surface area contributed by atoms with Gasteiger partial charge in [0.1, 0.15) is 6.61 Å². The lowest BCUT2D eigenvalue weighted by molar-refractivity contribution is -0.129. The van der Waals surface area contributed by atoms with Gasteiger partial charge in [0, 0.05) is 6.54 Å². The van der Waals surface area contributed by atoms with Crippen LogP contribution < -0.4 is 0 Å². The first kappa shape index (κ1) is 13.9. The number of cyclic esters (lactones) is 1. The molecule has 0 spiro atoms. The Hall–Kier alpha value is -1.14. The van der Waals surface area contributed by atoms with Crippen LogP contribution in [0, 0.1) is 0 Å². The van der Waals surface area contributed by atoms with Gasteiger partial charge in [-0.2, -0.15) is 0 Å². The minimum absolute atomic E-state index is 0.0153. The molecule has 98 valence electrons. The van der Waals surface area contributed by atoms with Crippen LogP contribution in [0.15, 0.2) is 0 Å². The van der Waals surface area contributed by atoms with Crippen molar-refractivity contribution in [2.45, 2.75) is 19.8 Å². The first-order valence-corrected chi connectivity index (χ1v) is 5.99. The smallest absolute Gasteiger partial charge is 0.416 e. The number of nitrogens with zero attached hydrogens (tertiary/aromatic N) is 2. The third-order valence-corrected chi connectivity index (χ3v) is 2.66. The quantitative estimate of drug-likeness (QED) is 0.685. The average Bonchev–Trinajstić information content (AvgIpc) is 2.72. The molecule has 0 aromatic heterocycles. The SMILES string of the molecule is CCCCN(CCO)CC(=O)N1CCOC1=O. The molecule has 0 bridgehead atoms. The molecule has 1 N–H and O–H groups in total. The Morgan fingerprint density at radius 3 is 2.82 bits per heavy atom. The summed E-state index contributed by atoms with van der Waals surface area (Å²) in [7, 11) is 0. The molecule has 2 amide bonds. The van der Waals surface area contributed by atoms with Crippen molar-refractivity contribution in [1.82, 2.24) is 9.80 Å². The molecule has 1 heterocycles. The zero-order valence-electron chi connectivity index (χ0n) is 10.2. The third kappa shape index (κ3) is 4.32. The topological polar surface area (TPSA) is 70.1 Å². The van der Waals surface area contributed by atoms with Crippen molar-refractivity contribution in [2.24, 2.45) is 0 Å². The number of aliphatic hydroxyl groups is 1. The van der Waals surface area contributed by atoms with Gasteiger partial charge in [-0.05, 0) is 13.0 Å². The molecule has 0 aliphatic carbocycles. The van der Waals surface area contributed by atoms with Crippen molar-refractivity contribution in [3.05, 3.63) is 0 Å². The van der Waals surface area contributed by atoms with Crippen molar-refractivity contribution < 1.29 is 19.4 Å². The summed E-state index contributed by atoms with van der Waals surface area (Å²) in [6.45, 7) is 4.06. The van der Waals surface area contributed by atoms with Crippen LogP contribution >= 0.6 is 0 Å². The molecular weight excluding hydrogens is 224 g/mol. The Kier molecular flexibility index (Phi) is 5.93. The Balaban J connectivity index is 2.42. The summed E-state index contributed by atoms with van der Waals surface area (Å²) in [6.07, 6.45) is 1.44. The number of carbonyl (C=O) groups is 2. The molecule has 0 radical (unpaired) electrons. The van der Waals surface area contributed by atoms with E-state index in [-0.39, 0.29) is 25.7 Å². The van der Waals surface area contributed by atoms with Crippen molar-refractivity contribution in [2.75, 3.05) is 39.4 Å². The second-order valence-corrected chi connectivity index (χ2v) is 4.01. The average molecular weight is 244 g/mol. The van der Waals surface area contributed by atoms with Crippen LogP contribution in [0.3, 0.4) is 0 Å². The highest BCUT2D eigenvalue weighted by Gasteiger charge is 2.29. The van der Waals surface area contributed by atoms with Crippen LogP contribution in [-0.2, 0) is 9.53 Å². The van der Waals surface area contributed by atoms with Crippen LogP contribution in [0.5, 0.6) is 0 Å². The lowest BCUT2D eigenvalue weighted by atomic mass is 10.3. The molecule has 0 atom stereocenters. The monoisotopic (exact) mass is 244 g/mol. The minimum atomic E-state index is -0.561. The van der Waals surface area contributed by atoms with Gasteiger partial charge >= 0.3 is 6.09 Å². The number of unbranched alkanes of at least 4 members (excludes halogenated alkanes) is 1. The van der Waals surface area contributed by atoms with Crippen LogP contribution in [-0.4, -0.2) is 66.3 Å². The Labute approximate surface area is 101 Å². The van der Waals surface area contributed by atoms with E-state index in [1.54, 1.807) is 0 Å². The summed E-state index contributed by atoms with van der Waals surface area (Å²) in [5.74, 6) is -0.253. The number of amides is 2. The molecule has 0 saturated carbocycles. The summed E-state index contributed by atoms with van der Waals surface area (Å²) < 4.78 is 4.71. The maximum Gasteiger partial charge on any atom is 0.416 e. The van der Waals surface area contributed by atoms with Gasteiger partial charge in [-0.3, -0.25) is 9.69 Å². The number of imide groups is 1. The molecule has 0 aromatic rings. The van der Waals surface area contributed by atoms with Crippen molar-refractivity contribution in [3.63, 3.8) is 0 Å². The largest absolute Gasteiger partial charge is 0.447 e. The molecule has 6 nitrogen and oxygen atoms in total. The highest BCUT2D eigenvalue weighted by atomic mass is 16.6. The van der Waals surface area contributed by atoms with E-state index < -0.39 is 6.09 Å². The second-order valence-electron chi connectivity index (χ2n) is 4.01. The third-order valence-electron chi connectivity index (χ3n) is 2.66. The Morgan fingerprint density at radius 1 is 1.53 bits per heavy atom. The molecule has 1 rings (SSSR count). The number of ether oxygens (including phenoxy) is 1. The molecule has 17 heavy (non-hydrogen) atoms. The first-order valence-electron chi connectivity index (χ1n) is 5.99. The maximum absolute atomic E-state index is 11.8. The number of hydrogen-bond donors (Lipinski definition) is 1. The zero-order chi connectivity index (χ0) is 12.7. The molecule has 1 aliphatic heterocycles. The molecule has 1 fully saturated rings. The molecular formula is C11H20N2O4. The number of aliphatic hydroxyl groups excluding tert-OH is 1. The normalized spacial score (nSPS) is 15.5. The fraction of sp³-hybridized carbons (Fsp3) is 0.818.